The Morgan fingerprint density at radius 3 is 2.92 bits per heavy atom. The first kappa shape index (κ1) is 9.22. The Labute approximate surface area is 79.3 Å². The Hall–Kier alpha value is -0.340. The number of fused-ring (bicyclic) bond motifs is 1. The van der Waals surface area contributed by atoms with Gasteiger partial charge in [-0.3, -0.25) is 0 Å². The summed E-state index contributed by atoms with van der Waals surface area (Å²) in [5.74, 6) is 0. The smallest absolute Gasteiger partial charge is 0.0724 e. The van der Waals surface area contributed by atoms with Crippen molar-refractivity contribution in [2.24, 2.45) is 5.41 Å². The van der Waals surface area contributed by atoms with Crippen molar-refractivity contribution >= 4 is 0 Å². The Bertz CT molecular complexity index is 234. The van der Waals surface area contributed by atoms with Gasteiger partial charge in [-0.2, -0.15) is 0 Å². The summed E-state index contributed by atoms with van der Waals surface area (Å²) in [4.78, 5) is 0. The molecule has 0 aromatic carbocycles. The second-order valence-electron chi connectivity index (χ2n) is 4.62. The molecule has 1 fully saturated rings. The van der Waals surface area contributed by atoms with Crippen molar-refractivity contribution in [3.63, 3.8) is 0 Å². The van der Waals surface area contributed by atoms with Crippen molar-refractivity contribution in [3.8, 4) is 0 Å². The molecule has 0 radical (unpaired) electrons. The van der Waals surface area contributed by atoms with E-state index in [1.54, 1.807) is 0 Å². The van der Waals surface area contributed by atoms with Crippen LogP contribution in [0.2, 0.25) is 0 Å². The lowest BCUT2D eigenvalue weighted by molar-refractivity contribution is 0.0145. The predicted octanol–water partition coefficient (Wildman–Crippen LogP) is 1.62. The van der Waals surface area contributed by atoms with Crippen molar-refractivity contribution in [2.75, 3.05) is 0 Å². The summed E-state index contributed by atoms with van der Waals surface area (Å²) < 4.78 is 0. The van der Waals surface area contributed by atoms with E-state index in [4.69, 9.17) is 0 Å². The van der Waals surface area contributed by atoms with Crippen LogP contribution in [0.5, 0.6) is 0 Å². The molecular formula is C11H18O2. The number of aliphatic hydroxyl groups excluding tert-OH is 2. The number of hydrogen-bond acceptors (Lipinski definition) is 2. The quantitative estimate of drug-likeness (QED) is 0.559. The van der Waals surface area contributed by atoms with Crippen LogP contribution in [0, 0.1) is 5.41 Å². The molecule has 0 spiro atoms. The summed E-state index contributed by atoms with van der Waals surface area (Å²) in [6, 6.07) is 0. The molecule has 74 valence electrons. The standard InChI is InChI=1S/C11H18O2/c1-11-6-5-9(12)7-8(11)3-2-4-10(11)13/h7,9-10,12-13H,2-6H2,1H3/t9-,10-,11+/m0/s1. The third-order valence-electron chi connectivity index (χ3n) is 3.75. The summed E-state index contributed by atoms with van der Waals surface area (Å²) in [5.41, 5.74) is 1.25. The van der Waals surface area contributed by atoms with Gasteiger partial charge in [0.15, 0.2) is 0 Å². The highest BCUT2D eigenvalue weighted by atomic mass is 16.3. The molecule has 0 aromatic heterocycles. The summed E-state index contributed by atoms with van der Waals surface area (Å²) in [6.45, 7) is 2.13. The highest BCUT2D eigenvalue weighted by Crippen LogP contribution is 2.47. The molecule has 0 aromatic rings. The van der Waals surface area contributed by atoms with Crippen LogP contribution in [0.25, 0.3) is 0 Å². The summed E-state index contributed by atoms with van der Waals surface area (Å²) in [6.07, 6.45) is 6.28. The zero-order valence-electron chi connectivity index (χ0n) is 8.16. The maximum Gasteiger partial charge on any atom is 0.0724 e. The third kappa shape index (κ3) is 1.42. The van der Waals surface area contributed by atoms with E-state index in [1.807, 2.05) is 6.08 Å². The van der Waals surface area contributed by atoms with Crippen molar-refractivity contribution in [1.29, 1.82) is 0 Å². The molecule has 2 nitrogen and oxygen atoms in total. The zero-order valence-corrected chi connectivity index (χ0v) is 8.16. The van der Waals surface area contributed by atoms with Gasteiger partial charge in [0.05, 0.1) is 12.2 Å². The van der Waals surface area contributed by atoms with Crippen molar-refractivity contribution < 1.29 is 10.2 Å². The second kappa shape index (κ2) is 3.10. The molecule has 2 rings (SSSR count). The number of rotatable bonds is 0. The second-order valence-corrected chi connectivity index (χ2v) is 4.62. The first-order chi connectivity index (χ1) is 6.13. The summed E-state index contributed by atoms with van der Waals surface area (Å²) >= 11 is 0. The molecule has 3 atom stereocenters. The molecule has 0 bridgehead atoms. The van der Waals surface area contributed by atoms with Crippen LogP contribution < -0.4 is 0 Å². The molecule has 0 saturated heterocycles. The normalized spacial score (nSPS) is 45.3. The van der Waals surface area contributed by atoms with Gasteiger partial charge in [-0.15, -0.1) is 0 Å². The molecular weight excluding hydrogens is 164 g/mol. The monoisotopic (exact) mass is 182 g/mol. The molecule has 0 aliphatic heterocycles. The van der Waals surface area contributed by atoms with E-state index in [-0.39, 0.29) is 17.6 Å². The lowest BCUT2D eigenvalue weighted by Crippen LogP contribution is -2.40. The van der Waals surface area contributed by atoms with Gasteiger partial charge in [0, 0.05) is 5.41 Å². The van der Waals surface area contributed by atoms with E-state index >= 15 is 0 Å². The van der Waals surface area contributed by atoms with Gasteiger partial charge in [0.2, 0.25) is 0 Å². The van der Waals surface area contributed by atoms with Crippen molar-refractivity contribution in [2.45, 2.75) is 51.2 Å². The Morgan fingerprint density at radius 1 is 1.38 bits per heavy atom. The van der Waals surface area contributed by atoms with E-state index in [9.17, 15) is 10.2 Å². The van der Waals surface area contributed by atoms with Crippen molar-refractivity contribution in [1.82, 2.24) is 0 Å². The zero-order chi connectivity index (χ0) is 9.47. The molecule has 0 heterocycles. The highest BCUT2D eigenvalue weighted by molar-refractivity contribution is 5.22. The lowest BCUT2D eigenvalue weighted by Gasteiger charge is -2.44. The SMILES string of the molecule is C[C@@]12CC[C@H](O)C=C1CCC[C@@H]2O. The average Bonchev–Trinajstić information content (AvgIpc) is 2.09. The number of hydrogen-bond donors (Lipinski definition) is 2. The fraction of sp³-hybridized carbons (Fsp3) is 0.818. The van der Waals surface area contributed by atoms with E-state index < -0.39 is 0 Å². The third-order valence-corrected chi connectivity index (χ3v) is 3.75. The van der Waals surface area contributed by atoms with Gasteiger partial charge in [-0.1, -0.05) is 18.6 Å². The molecule has 1 saturated carbocycles. The van der Waals surface area contributed by atoms with Crippen LogP contribution in [0.1, 0.15) is 39.0 Å². The van der Waals surface area contributed by atoms with E-state index in [2.05, 4.69) is 6.92 Å². The topological polar surface area (TPSA) is 40.5 Å². The lowest BCUT2D eigenvalue weighted by atomic mass is 9.64. The first-order valence-corrected chi connectivity index (χ1v) is 5.20. The molecule has 2 N–H and O–H groups in total. The largest absolute Gasteiger partial charge is 0.392 e. The van der Waals surface area contributed by atoms with Crippen LogP contribution in [-0.4, -0.2) is 22.4 Å². The van der Waals surface area contributed by atoms with Crippen LogP contribution in [0.4, 0.5) is 0 Å². The van der Waals surface area contributed by atoms with E-state index in [1.165, 1.54) is 5.57 Å². The summed E-state index contributed by atoms with van der Waals surface area (Å²) in [7, 11) is 0. The van der Waals surface area contributed by atoms with E-state index in [0.29, 0.717) is 0 Å². The molecule has 2 heteroatoms. The van der Waals surface area contributed by atoms with Gasteiger partial charge < -0.3 is 10.2 Å². The first-order valence-electron chi connectivity index (χ1n) is 5.20. The van der Waals surface area contributed by atoms with E-state index in [0.717, 1.165) is 32.1 Å². The van der Waals surface area contributed by atoms with Crippen LogP contribution >= 0.6 is 0 Å². The summed E-state index contributed by atoms with van der Waals surface area (Å²) in [5, 5.41) is 19.4. The van der Waals surface area contributed by atoms with Crippen LogP contribution in [-0.2, 0) is 0 Å². The Kier molecular flexibility index (Phi) is 2.20. The highest BCUT2D eigenvalue weighted by Gasteiger charge is 2.41. The Morgan fingerprint density at radius 2 is 2.15 bits per heavy atom. The van der Waals surface area contributed by atoms with Gasteiger partial charge in [-0.25, -0.2) is 0 Å². The predicted molar refractivity (Wildman–Crippen MR) is 51.3 cm³/mol. The van der Waals surface area contributed by atoms with Crippen LogP contribution in [0.15, 0.2) is 11.6 Å². The number of aliphatic hydroxyl groups is 2. The van der Waals surface area contributed by atoms with Gasteiger partial charge in [0.1, 0.15) is 0 Å². The molecule has 2 aliphatic carbocycles. The van der Waals surface area contributed by atoms with Crippen LogP contribution in [0.3, 0.4) is 0 Å². The minimum atomic E-state index is -0.270. The van der Waals surface area contributed by atoms with Crippen molar-refractivity contribution in [3.05, 3.63) is 11.6 Å². The molecule has 13 heavy (non-hydrogen) atoms. The van der Waals surface area contributed by atoms with Gasteiger partial charge in [-0.05, 0) is 32.1 Å². The minimum absolute atomic E-state index is 0.0303. The maximum absolute atomic E-state index is 9.93. The van der Waals surface area contributed by atoms with Gasteiger partial charge in [0.25, 0.3) is 0 Å². The molecule has 0 unspecified atom stereocenters. The maximum atomic E-state index is 9.93. The fourth-order valence-electron chi connectivity index (χ4n) is 2.67. The average molecular weight is 182 g/mol. The fourth-order valence-corrected chi connectivity index (χ4v) is 2.67. The minimum Gasteiger partial charge on any atom is -0.392 e. The molecule has 0 amide bonds. The van der Waals surface area contributed by atoms with Gasteiger partial charge >= 0.3 is 0 Å². The molecule has 2 aliphatic rings. The Balaban J connectivity index is 2.29.